The molecule has 1 rings (SSSR count). The van der Waals surface area contributed by atoms with Crippen molar-refractivity contribution in [2.45, 2.75) is 46.0 Å². The Bertz CT molecular complexity index is 311. The first-order chi connectivity index (χ1) is 8.06. The minimum Gasteiger partial charge on any atom is -0.320 e. The first-order valence-electron chi connectivity index (χ1n) is 6.80. The quantitative estimate of drug-likeness (QED) is 0.778. The topological polar surface area (TPSA) is 12.0 Å². The number of hydrogen-bond donors (Lipinski definition) is 1. The Kier molecular flexibility index (Phi) is 5.70. The largest absolute Gasteiger partial charge is 0.320 e. The summed E-state index contributed by atoms with van der Waals surface area (Å²) < 4.78 is 0. The average molecular weight is 233 g/mol. The van der Waals surface area contributed by atoms with Crippen LogP contribution in [0.4, 0.5) is 0 Å². The van der Waals surface area contributed by atoms with Crippen molar-refractivity contribution < 1.29 is 0 Å². The highest BCUT2D eigenvalue weighted by molar-refractivity contribution is 5.27. The fourth-order valence-corrected chi connectivity index (χ4v) is 2.31. The molecule has 0 radical (unpaired) electrons. The third kappa shape index (κ3) is 4.16. The van der Waals surface area contributed by atoms with E-state index in [2.05, 4.69) is 57.3 Å². The van der Waals surface area contributed by atoms with E-state index in [4.69, 9.17) is 0 Å². The van der Waals surface area contributed by atoms with Gasteiger partial charge < -0.3 is 5.32 Å². The molecule has 1 N–H and O–H groups in total. The van der Waals surface area contributed by atoms with Gasteiger partial charge in [-0.1, -0.05) is 52.0 Å². The van der Waals surface area contributed by atoms with E-state index in [0.29, 0.717) is 17.8 Å². The maximum absolute atomic E-state index is 3.25. The summed E-state index contributed by atoms with van der Waals surface area (Å²) in [5.74, 6) is 2.00. The van der Waals surface area contributed by atoms with E-state index in [0.717, 1.165) is 6.54 Å². The highest BCUT2D eigenvalue weighted by Crippen LogP contribution is 2.28. The van der Waals surface area contributed by atoms with Crippen LogP contribution in [-0.2, 0) is 0 Å². The van der Waals surface area contributed by atoms with E-state index >= 15 is 0 Å². The standard InChI is InChI=1S/C16H27N/c1-12(2)14-6-8-15(9-7-14)16(13(3)4)10-11-17-5/h6-9,12-13,16-17H,10-11H2,1-5H3. The average Bonchev–Trinajstić information content (AvgIpc) is 2.29. The Balaban J connectivity index is 2.80. The van der Waals surface area contributed by atoms with Crippen LogP contribution in [-0.4, -0.2) is 13.6 Å². The first-order valence-corrected chi connectivity index (χ1v) is 6.80. The van der Waals surface area contributed by atoms with Gasteiger partial charge in [-0.25, -0.2) is 0 Å². The monoisotopic (exact) mass is 233 g/mol. The lowest BCUT2D eigenvalue weighted by molar-refractivity contribution is 0.460. The molecule has 1 aromatic carbocycles. The van der Waals surface area contributed by atoms with Crippen LogP contribution in [0.2, 0.25) is 0 Å². The predicted molar refractivity (Wildman–Crippen MR) is 76.7 cm³/mol. The van der Waals surface area contributed by atoms with Gasteiger partial charge in [0, 0.05) is 0 Å². The summed E-state index contributed by atoms with van der Waals surface area (Å²) in [5.41, 5.74) is 2.92. The Morgan fingerprint density at radius 1 is 0.941 bits per heavy atom. The van der Waals surface area contributed by atoms with Gasteiger partial charge in [0.1, 0.15) is 0 Å². The van der Waals surface area contributed by atoms with Gasteiger partial charge in [-0.2, -0.15) is 0 Å². The lowest BCUT2D eigenvalue weighted by Gasteiger charge is -2.22. The first kappa shape index (κ1) is 14.2. The molecule has 96 valence electrons. The van der Waals surface area contributed by atoms with E-state index in [1.54, 1.807) is 0 Å². The summed E-state index contributed by atoms with van der Waals surface area (Å²) in [5, 5.41) is 3.25. The van der Waals surface area contributed by atoms with Gasteiger partial charge in [0.05, 0.1) is 0 Å². The molecule has 0 spiro atoms. The number of nitrogens with one attached hydrogen (secondary N) is 1. The molecule has 1 unspecified atom stereocenters. The molecular formula is C16H27N. The van der Waals surface area contributed by atoms with Crippen LogP contribution < -0.4 is 5.32 Å². The zero-order valence-electron chi connectivity index (χ0n) is 12.0. The van der Waals surface area contributed by atoms with Crippen molar-refractivity contribution >= 4 is 0 Å². The van der Waals surface area contributed by atoms with Gasteiger partial charge in [0.15, 0.2) is 0 Å². The zero-order chi connectivity index (χ0) is 12.8. The molecular weight excluding hydrogens is 206 g/mol. The molecule has 1 heteroatoms. The van der Waals surface area contributed by atoms with Gasteiger partial charge >= 0.3 is 0 Å². The van der Waals surface area contributed by atoms with Gasteiger partial charge in [-0.15, -0.1) is 0 Å². The summed E-state index contributed by atoms with van der Waals surface area (Å²) in [6.45, 7) is 10.2. The van der Waals surface area contributed by atoms with Gasteiger partial charge in [-0.05, 0) is 48.9 Å². The van der Waals surface area contributed by atoms with Crippen LogP contribution >= 0.6 is 0 Å². The van der Waals surface area contributed by atoms with Crippen LogP contribution in [0.3, 0.4) is 0 Å². The Hall–Kier alpha value is -0.820. The molecule has 0 amide bonds. The summed E-state index contributed by atoms with van der Waals surface area (Å²) in [6.07, 6.45) is 1.22. The minimum atomic E-state index is 0.624. The van der Waals surface area contributed by atoms with Crippen molar-refractivity contribution in [1.82, 2.24) is 5.32 Å². The number of hydrogen-bond acceptors (Lipinski definition) is 1. The van der Waals surface area contributed by atoms with E-state index in [1.165, 1.54) is 17.5 Å². The second kappa shape index (κ2) is 6.80. The predicted octanol–water partition coefficient (Wildman–Crippen LogP) is 4.16. The van der Waals surface area contributed by atoms with Crippen molar-refractivity contribution in [3.63, 3.8) is 0 Å². The van der Waals surface area contributed by atoms with Crippen LogP contribution in [0.5, 0.6) is 0 Å². The van der Waals surface area contributed by atoms with Gasteiger partial charge in [0.25, 0.3) is 0 Å². The second-order valence-electron chi connectivity index (χ2n) is 5.56. The van der Waals surface area contributed by atoms with E-state index < -0.39 is 0 Å². The fourth-order valence-electron chi connectivity index (χ4n) is 2.31. The Morgan fingerprint density at radius 3 is 1.88 bits per heavy atom. The maximum Gasteiger partial charge on any atom is -0.00460 e. The molecule has 1 nitrogen and oxygen atoms in total. The number of benzene rings is 1. The molecule has 0 aliphatic heterocycles. The third-order valence-electron chi connectivity index (χ3n) is 3.54. The van der Waals surface area contributed by atoms with Crippen molar-refractivity contribution in [2.24, 2.45) is 5.92 Å². The lowest BCUT2D eigenvalue weighted by Crippen LogP contribution is -2.15. The molecule has 17 heavy (non-hydrogen) atoms. The lowest BCUT2D eigenvalue weighted by atomic mass is 9.85. The summed E-state index contributed by atoms with van der Waals surface area (Å²) in [7, 11) is 2.03. The van der Waals surface area contributed by atoms with E-state index in [1.807, 2.05) is 7.05 Å². The van der Waals surface area contributed by atoms with Crippen LogP contribution in [0, 0.1) is 5.92 Å². The van der Waals surface area contributed by atoms with Crippen molar-refractivity contribution in [1.29, 1.82) is 0 Å². The maximum atomic E-state index is 3.25. The number of rotatable bonds is 6. The SMILES string of the molecule is CNCCC(c1ccc(C(C)C)cc1)C(C)C. The Labute approximate surface area is 107 Å². The molecule has 0 aliphatic carbocycles. The molecule has 0 aliphatic rings. The van der Waals surface area contributed by atoms with Crippen LogP contribution in [0.1, 0.15) is 57.1 Å². The molecule has 1 atom stereocenters. The molecule has 0 bridgehead atoms. The molecule has 0 saturated carbocycles. The normalized spacial score (nSPS) is 13.4. The Morgan fingerprint density at radius 2 is 1.47 bits per heavy atom. The van der Waals surface area contributed by atoms with Crippen molar-refractivity contribution in [3.8, 4) is 0 Å². The summed E-state index contributed by atoms with van der Waals surface area (Å²) in [6, 6.07) is 9.20. The second-order valence-corrected chi connectivity index (χ2v) is 5.56. The van der Waals surface area contributed by atoms with E-state index in [-0.39, 0.29) is 0 Å². The molecule has 0 aromatic heterocycles. The van der Waals surface area contributed by atoms with E-state index in [9.17, 15) is 0 Å². The van der Waals surface area contributed by atoms with Crippen molar-refractivity contribution in [3.05, 3.63) is 35.4 Å². The zero-order valence-corrected chi connectivity index (χ0v) is 12.0. The molecule has 0 saturated heterocycles. The highest BCUT2D eigenvalue weighted by atomic mass is 14.8. The van der Waals surface area contributed by atoms with Crippen LogP contribution in [0.15, 0.2) is 24.3 Å². The summed E-state index contributed by atoms with van der Waals surface area (Å²) >= 11 is 0. The fraction of sp³-hybridized carbons (Fsp3) is 0.625. The van der Waals surface area contributed by atoms with Crippen LogP contribution in [0.25, 0.3) is 0 Å². The molecule has 0 fully saturated rings. The van der Waals surface area contributed by atoms with Gasteiger partial charge in [-0.3, -0.25) is 0 Å². The van der Waals surface area contributed by atoms with Gasteiger partial charge in [0.2, 0.25) is 0 Å². The smallest absolute Gasteiger partial charge is 0.00460 e. The minimum absolute atomic E-state index is 0.624. The summed E-state index contributed by atoms with van der Waals surface area (Å²) in [4.78, 5) is 0. The highest BCUT2D eigenvalue weighted by Gasteiger charge is 2.15. The van der Waals surface area contributed by atoms with Crippen molar-refractivity contribution in [2.75, 3.05) is 13.6 Å². The molecule has 0 heterocycles. The third-order valence-corrected chi connectivity index (χ3v) is 3.54. The molecule has 1 aromatic rings.